The van der Waals surface area contributed by atoms with Gasteiger partial charge in [0.1, 0.15) is 0 Å². The van der Waals surface area contributed by atoms with Gasteiger partial charge in [-0.15, -0.1) is 0 Å². The minimum absolute atomic E-state index is 0.228. The molecule has 0 aliphatic heterocycles. The van der Waals surface area contributed by atoms with Crippen LogP contribution in [0.2, 0.25) is 0 Å². The summed E-state index contributed by atoms with van der Waals surface area (Å²) in [5, 5.41) is 0. The number of rotatable bonds is 8. The lowest BCUT2D eigenvalue weighted by molar-refractivity contribution is -0.134. The van der Waals surface area contributed by atoms with Crippen molar-refractivity contribution in [1.29, 1.82) is 0 Å². The molecule has 5 heteroatoms. The van der Waals surface area contributed by atoms with Crippen LogP contribution >= 0.6 is 0 Å². The number of aryl methyl sites for hydroxylation is 1. The first-order chi connectivity index (χ1) is 14.6. The number of nitrogens with zero attached hydrogens (tertiary/aromatic N) is 4. The summed E-state index contributed by atoms with van der Waals surface area (Å²) in [5.74, 6) is 1.89. The van der Waals surface area contributed by atoms with E-state index in [4.69, 9.17) is 0 Å². The smallest absolute Gasteiger partial charge is 0.224 e. The van der Waals surface area contributed by atoms with Gasteiger partial charge in [0.2, 0.25) is 5.91 Å². The number of carbonyl (C=O) groups is 1. The van der Waals surface area contributed by atoms with Crippen molar-refractivity contribution in [2.75, 3.05) is 6.54 Å². The molecule has 1 amide bonds. The molecule has 0 saturated heterocycles. The monoisotopic (exact) mass is 414 g/mol. The zero-order valence-corrected chi connectivity index (χ0v) is 19.3. The van der Waals surface area contributed by atoms with E-state index in [2.05, 4.69) is 42.0 Å². The molecule has 0 N–H and O–H groups in total. The highest BCUT2D eigenvalue weighted by molar-refractivity contribution is 5.76. The molecule has 30 heavy (non-hydrogen) atoms. The van der Waals surface area contributed by atoms with Crippen LogP contribution in [0.1, 0.15) is 96.6 Å². The molecule has 0 unspecified atom stereocenters. The van der Waals surface area contributed by atoms with Crippen LogP contribution < -0.4 is 0 Å². The third kappa shape index (κ3) is 7.10. The second kappa shape index (κ2) is 13.4. The van der Waals surface area contributed by atoms with Crippen molar-refractivity contribution in [3.63, 3.8) is 0 Å². The molecule has 3 rings (SSSR count). The molecule has 1 heterocycles. The van der Waals surface area contributed by atoms with Crippen LogP contribution in [0.4, 0.5) is 5.82 Å². The van der Waals surface area contributed by atoms with E-state index in [0.717, 1.165) is 31.0 Å². The number of amides is 1. The van der Waals surface area contributed by atoms with E-state index < -0.39 is 0 Å². The van der Waals surface area contributed by atoms with Crippen molar-refractivity contribution >= 4 is 24.5 Å². The molecule has 0 spiro atoms. The second-order valence-corrected chi connectivity index (χ2v) is 8.64. The number of aliphatic imine (C=N–C) groups is 1. The van der Waals surface area contributed by atoms with E-state index >= 15 is 0 Å². The highest BCUT2D eigenvalue weighted by atomic mass is 16.2. The Morgan fingerprint density at radius 2 is 1.80 bits per heavy atom. The lowest BCUT2D eigenvalue weighted by Gasteiger charge is -2.33. The van der Waals surface area contributed by atoms with Crippen LogP contribution in [0, 0.1) is 5.92 Å². The highest BCUT2D eigenvalue weighted by Gasteiger charge is 2.23. The zero-order valence-electron chi connectivity index (χ0n) is 19.3. The SMILES string of the molecule is C=Cc1c(N=C)ncn1CCC(=O)N(CC)C1CCCCC1.CCC1CCCCC1. The Morgan fingerprint density at radius 3 is 2.30 bits per heavy atom. The van der Waals surface area contributed by atoms with Crippen LogP contribution in [0.15, 0.2) is 17.9 Å². The largest absolute Gasteiger partial charge is 0.340 e. The number of aromatic nitrogens is 2. The molecule has 0 radical (unpaired) electrons. The molecular weight excluding hydrogens is 372 g/mol. The molecular formula is C25H42N4O. The third-order valence-corrected chi connectivity index (χ3v) is 6.75. The molecule has 1 aromatic rings. The molecule has 0 bridgehead atoms. The van der Waals surface area contributed by atoms with Gasteiger partial charge in [-0.25, -0.2) is 9.98 Å². The summed E-state index contributed by atoms with van der Waals surface area (Å²) in [6, 6.07) is 0.429. The molecule has 5 nitrogen and oxygen atoms in total. The quantitative estimate of drug-likeness (QED) is 0.462. The number of carbonyl (C=O) groups excluding carboxylic acids is 1. The molecule has 1 aromatic heterocycles. The van der Waals surface area contributed by atoms with Gasteiger partial charge in [-0.05, 0) is 38.5 Å². The average Bonchev–Trinajstić information content (AvgIpc) is 3.22. The first-order valence-electron chi connectivity index (χ1n) is 12.1. The van der Waals surface area contributed by atoms with Crippen molar-refractivity contribution in [2.24, 2.45) is 10.9 Å². The van der Waals surface area contributed by atoms with E-state index in [1.54, 1.807) is 12.4 Å². The van der Waals surface area contributed by atoms with Gasteiger partial charge in [-0.1, -0.05) is 71.3 Å². The highest BCUT2D eigenvalue weighted by Crippen LogP contribution is 2.25. The molecule has 2 saturated carbocycles. The van der Waals surface area contributed by atoms with Gasteiger partial charge in [0, 0.05) is 25.6 Å². The van der Waals surface area contributed by atoms with Gasteiger partial charge in [-0.3, -0.25) is 4.79 Å². The van der Waals surface area contributed by atoms with Gasteiger partial charge in [-0.2, -0.15) is 0 Å². The summed E-state index contributed by atoms with van der Waals surface area (Å²) in [6.07, 6.45) is 18.9. The maximum absolute atomic E-state index is 12.6. The molecule has 0 atom stereocenters. The summed E-state index contributed by atoms with van der Waals surface area (Å²) < 4.78 is 1.92. The Morgan fingerprint density at radius 1 is 1.17 bits per heavy atom. The summed E-state index contributed by atoms with van der Waals surface area (Å²) >= 11 is 0. The predicted octanol–water partition coefficient (Wildman–Crippen LogP) is 6.41. The van der Waals surface area contributed by atoms with E-state index in [1.165, 1.54) is 57.8 Å². The van der Waals surface area contributed by atoms with Crippen molar-refractivity contribution in [3.8, 4) is 0 Å². The Bertz CT molecular complexity index is 654. The first kappa shape index (κ1) is 24.4. The minimum Gasteiger partial charge on any atom is -0.340 e. The molecule has 2 aliphatic carbocycles. The predicted molar refractivity (Wildman–Crippen MR) is 127 cm³/mol. The van der Waals surface area contributed by atoms with Gasteiger partial charge in [0.15, 0.2) is 5.82 Å². The zero-order chi connectivity index (χ0) is 21.8. The standard InChI is InChI=1S/C17H26N4O.C8H16/c1-4-15-17(18-3)19-13-20(15)12-11-16(22)21(5-2)14-9-7-6-8-10-14;1-2-8-6-4-3-5-7-8/h4,13-14H,1,3,5-12H2,2H3;8H,2-7H2,1H3. The van der Waals surface area contributed by atoms with Crippen LogP contribution in [0.25, 0.3) is 6.08 Å². The average molecular weight is 415 g/mol. The Balaban J connectivity index is 0.000000335. The maximum Gasteiger partial charge on any atom is 0.224 e. The minimum atomic E-state index is 0.228. The van der Waals surface area contributed by atoms with Gasteiger partial charge < -0.3 is 9.47 Å². The van der Waals surface area contributed by atoms with Crippen molar-refractivity contribution < 1.29 is 4.79 Å². The van der Waals surface area contributed by atoms with E-state index in [0.29, 0.717) is 24.8 Å². The lowest BCUT2D eigenvalue weighted by Crippen LogP contribution is -2.41. The maximum atomic E-state index is 12.6. The topological polar surface area (TPSA) is 50.5 Å². The fourth-order valence-corrected chi connectivity index (χ4v) is 4.88. The summed E-state index contributed by atoms with van der Waals surface area (Å²) in [4.78, 5) is 22.6. The molecule has 0 aromatic carbocycles. The van der Waals surface area contributed by atoms with E-state index in [9.17, 15) is 4.79 Å². The number of hydrogen-bond acceptors (Lipinski definition) is 3. The molecule has 2 aliphatic rings. The van der Waals surface area contributed by atoms with Crippen LogP contribution in [-0.2, 0) is 11.3 Å². The first-order valence-corrected chi connectivity index (χ1v) is 12.1. The fraction of sp³-hybridized carbons (Fsp3) is 0.720. The number of imidazole rings is 1. The fourth-order valence-electron chi connectivity index (χ4n) is 4.88. The van der Waals surface area contributed by atoms with Crippen LogP contribution in [0.5, 0.6) is 0 Å². The molecule has 2 fully saturated rings. The van der Waals surface area contributed by atoms with Gasteiger partial charge in [0.05, 0.1) is 12.0 Å². The normalized spacial score (nSPS) is 17.7. The Kier molecular flexibility index (Phi) is 10.9. The summed E-state index contributed by atoms with van der Waals surface area (Å²) in [7, 11) is 0. The summed E-state index contributed by atoms with van der Waals surface area (Å²) in [5.41, 5.74) is 0.823. The van der Waals surface area contributed by atoms with Crippen LogP contribution in [-0.4, -0.2) is 39.7 Å². The van der Waals surface area contributed by atoms with Crippen molar-refractivity contribution in [3.05, 3.63) is 18.6 Å². The van der Waals surface area contributed by atoms with Gasteiger partial charge in [0.25, 0.3) is 0 Å². The Labute approximate surface area is 183 Å². The number of hydrogen-bond donors (Lipinski definition) is 0. The molecule has 168 valence electrons. The second-order valence-electron chi connectivity index (χ2n) is 8.64. The van der Waals surface area contributed by atoms with Crippen molar-refractivity contribution in [2.45, 2.75) is 103 Å². The Hall–Kier alpha value is -1.91. The van der Waals surface area contributed by atoms with Crippen LogP contribution in [0.3, 0.4) is 0 Å². The van der Waals surface area contributed by atoms with Crippen molar-refractivity contribution in [1.82, 2.24) is 14.5 Å². The third-order valence-electron chi connectivity index (χ3n) is 6.75. The summed E-state index contributed by atoms with van der Waals surface area (Å²) in [6.45, 7) is 13.1. The van der Waals surface area contributed by atoms with E-state index in [1.807, 2.05) is 4.57 Å². The lowest BCUT2D eigenvalue weighted by atomic mass is 9.88. The van der Waals surface area contributed by atoms with Gasteiger partial charge >= 0.3 is 0 Å². The van der Waals surface area contributed by atoms with E-state index in [-0.39, 0.29) is 5.91 Å².